The Morgan fingerprint density at radius 3 is 2.90 bits per heavy atom. The normalized spacial score (nSPS) is 19.2. The maximum absolute atomic E-state index is 9.36. The maximum atomic E-state index is 9.36. The number of benzene rings is 1. The number of phenols is 1. The molecule has 0 bridgehead atoms. The van der Waals surface area contributed by atoms with E-state index in [4.69, 9.17) is 16.3 Å². The van der Waals surface area contributed by atoms with Gasteiger partial charge in [0, 0.05) is 6.61 Å². The summed E-state index contributed by atoms with van der Waals surface area (Å²) in [5.41, 5.74) is 1.01. The van der Waals surface area contributed by atoms with Crippen LogP contribution in [0.1, 0.15) is 50.5 Å². The summed E-state index contributed by atoms with van der Waals surface area (Å²) in [4.78, 5) is 0. The molecular weight excluding hydrogens is 284 g/mol. The van der Waals surface area contributed by atoms with E-state index in [1.54, 1.807) is 12.1 Å². The zero-order chi connectivity index (χ0) is 14.9. The lowest BCUT2D eigenvalue weighted by Crippen LogP contribution is -2.04. The van der Waals surface area contributed by atoms with Crippen LogP contribution >= 0.6 is 11.6 Å². The fourth-order valence-electron chi connectivity index (χ4n) is 2.83. The van der Waals surface area contributed by atoms with E-state index in [2.05, 4.69) is 12.2 Å². The zero-order valence-electron chi connectivity index (χ0n) is 12.6. The number of hydrogen-bond donors (Lipinski definition) is 1. The highest BCUT2D eigenvalue weighted by molar-refractivity contribution is 6.32. The van der Waals surface area contributed by atoms with E-state index in [0.29, 0.717) is 11.6 Å². The van der Waals surface area contributed by atoms with Crippen LogP contribution in [0, 0.1) is 5.92 Å². The minimum atomic E-state index is 0.124. The number of halogens is 1. The van der Waals surface area contributed by atoms with Crippen molar-refractivity contribution in [1.82, 2.24) is 0 Å². The summed E-state index contributed by atoms with van der Waals surface area (Å²) in [5.74, 6) is 0.986. The van der Waals surface area contributed by atoms with E-state index in [9.17, 15) is 5.11 Å². The Morgan fingerprint density at radius 2 is 2.05 bits per heavy atom. The van der Waals surface area contributed by atoms with Crippen molar-refractivity contribution in [3.05, 3.63) is 40.9 Å². The highest BCUT2D eigenvalue weighted by Crippen LogP contribution is 2.25. The largest absolute Gasteiger partial charge is 0.506 e. The zero-order valence-corrected chi connectivity index (χ0v) is 13.3. The number of phenolic OH excluding ortho intramolecular Hbond substituents is 1. The highest BCUT2D eigenvalue weighted by atomic mass is 35.5. The molecule has 1 aliphatic carbocycles. The van der Waals surface area contributed by atoms with Gasteiger partial charge < -0.3 is 9.84 Å². The molecule has 2 rings (SSSR count). The molecule has 0 heterocycles. The molecule has 0 fully saturated rings. The van der Waals surface area contributed by atoms with Crippen LogP contribution in [0.4, 0.5) is 0 Å². The first kappa shape index (κ1) is 16.4. The molecule has 1 atom stereocenters. The van der Waals surface area contributed by atoms with Gasteiger partial charge in [-0.1, -0.05) is 36.2 Å². The molecular formula is C18H25ClO2. The Bertz CT molecular complexity index is 457. The predicted molar refractivity (Wildman–Crippen MR) is 87.7 cm³/mol. The van der Waals surface area contributed by atoms with Crippen LogP contribution < -0.4 is 0 Å². The smallest absolute Gasteiger partial charge is 0.134 e. The van der Waals surface area contributed by atoms with Gasteiger partial charge in [-0.3, -0.25) is 0 Å². The molecule has 1 aromatic carbocycles. The highest BCUT2D eigenvalue weighted by Gasteiger charge is 2.09. The van der Waals surface area contributed by atoms with Gasteiger partial charge in [0.05, 0.1) is 11.6 Å². The molecule has 0 saturated heterocycles. The van der Waals surface area contributed by atoms with Crippen LogP contribution in [0.25, 0.3) is 0 Å². The Kier molecular flexibility index (Phi) is 7.11. The van der Waals surface area contributed by atoms with E-state index in [1.807, 2.05) is 6.07 Å². The van der Waals surface area contributed by atoms with Crippen molar-refractivity contribution >= 4 is 11.6 Å². The van der Waals surface area contributed by atoms with Crippen molar-refractivity contribution in [2.24, 2.45) is 5.92 Å². The summed E-state index contributed by atoms with van der Waals surface area (Å²) in [6.45, 7) is 1.36. The van der Waals surface area contributed by atoms with Gasteiger partial charge in [-0.25, -0.2) is 0 Å². The molecule has 1 aliphatic rings. The molecule has 3 heteroatoms. The second-order valence-electron chi connectivity index (χ2n) is 5.83. The average molecular weight is 309 g/mol. The minimum absolute atomic E-state index is 0.124. The minimum Gasteiger partial charge on any atom is -0.506 e. The van der Waals surface area contributed by atoms with Crippen molar-refractivity contribution < 1.29 is 9.84 Å². The number of aromatic hydroxyl groups is 1. The summed E-state index contributed by atoms with van der Waals surface area (Å²) in [5, 5.41) is 9.75. The standard InChI is InChI=1S/C18H25ClO2/c19-17-13-16(10-11-18(17)20)14-21-12-6-9-15-7-4-2-1-3-5-8-15/h1-2,10-11,13,15,20H,3-9,12,14H2. The van der Waals surface area contributed by atoms with Crippen molar-refractivity contribution in [3.63, 3.8) is 0 Å². The van der Waals surface area contributed by atoms with Gasteiger partial charge >= 0.3 is 0 Å². The molecule has 0 saturated carbocycles. The first-order chi connectivity index (χ1) is 10.3. The third-order valence-corrected chi connectivity index (χ3v) is 4.38. The second kappa shape index (κ2) is 9.11. The van der Waals surface area contributed by atoms with Crippen LogP contribution in [-0.4, -0.2) is 11.7 Å². The number of ether oxygens (including phenoxy) is 1. The molecule has 2 nitrogen and oxygen atoms in total. The second-order valence-corrected chi connectivity index (χ2v) is 6.23. The fraction of sp³-hybridized carbons (Fsp3) is 0.556. The summed E-state index contributed by atoms with van der Waals surface area (Å²) in [6.07, 6.45) is 13.5. The van der Waals surface area contributed by atoms with Crippen molar-refractivity contribution in [3.8, 4) is 5.75 Å². The van der Waals surface area contributed by atoms with E-state index in [-0.39, 0.29) is 5.75 Å². The van der Waals surface area contributed by atoms with Crippen LogP contribution in [0.3, 0.4) is 0 Å². The van der Waals surface area contributed by atoms with Crippen LogP contribution in [-0.2, 0) is 11.3 Å². The predicted octanol–water partition coefficient (Wildman–Crippen LogP) is 5.48. The number of hydrogen-bond acceptors (Lipinski definition) is 2. The maximum Gasteiger partial charge on any atom is 0.134 e. The average Bonchev–Trinajstić information content (AvgIpc) is 2.44. The lowest BCUT2D eigenvalue weighted by atomic mass is 9.90. The quantitative estimate of drug-likeness (QED) is 0.557. The number of rotatable bonds is 6. The molecule has 1 aromatic rings. The Labute approximate surface area is 132 Å². The van der Waals surface area contributed by atoms with Gasteiger partial charge in [-0.15, -0.1) is 0 Å². The molecule has 0 aliphatic heterocycles. The monoisotopic (exact) mass is 308 g/mol. The van der Waals surface area contributed by atoms with Crippen molar-refractivity contribution in [2.45, 2.75) is 51.6 Å². The molecule has 21 heavy (non-hydrogen) atoms. The lowest BCUT2D eigenvalue weighted by Gasteiger charge is -2.17. The van der Waals surface area contributed by atoms with Crippen molar-refractivity contribution in [1.29, 1.82) is 0 Å². The summed E-state index contributed by atoms with van der Waals surface area (Å²) in [6, 6.07) is 5.23. The van der Waals surface area contributed by atoms with E-state index in [0.717, 1.165) is 24.5 Å². The number of allylic oxidation sites excluding steroid dienone is 2. The Hall–Kier alpha value is -0.990. The topological polar surface area (TPSA) is 29.5 Å². The van der Waals surface area contributed by atoms with Gasteiger partial charge in [-0.2, -0.15) is 0 Å². The summed E-state index contributed by atoms with van der Waals surface area (Å²) in [7, 11) is 0. The van der Waals surface area contributed by atoms with Gasteiger partial charge in [0.25, 0.3) is 0 Å². The Balaban J connectivity index is 1.61. The van der Waals surface area contributed by atoms with E-state index < -0.39 is 0 Å². The van der Waals surface area contributed by atoms with Crippen LogP contribution in [0.15, 0.2) is 30.4 Å². The van der Waals surface area contributed by atoms with Crippen LogP contribution in [0.5, 0.6) is 5.75 Å². The van der Waals surface area contributed by atoms with Crippen LogP contribution in [0.2, 0.25) is 5.02 Å². The first-order valence-electron chi connectivity index (χ1n) is 7.96. The van der Waals surface area contributed by atoms with Gasteiger partial charge in [0.2, 0.25) is 0 Å². The Morgan fingerprint density at radius 1 is 1.19 bits per heavy atom. The SMILES string of the molecule is Oc1ccc(COCCCC2CCC=CCCC2)cc1Cl. The summed E-state index contributed by atoms with van der Waals surface area (Å²) >= 11 is 5.87. The van der Waals surface area contributed by atoms with Gasteiger partial charge in [0.15, 0.2) is 0 Å². The van der Waals surface area contributed by atoms with Crippen molar-refractivity contribution in [2.75, 3.05) is 6.61 Å². The molecule has 0 radical (unpaired) electrons. The third-order valence-electron chi connectivity index (χ3n) is 4.07. The fourth-order valence-corrected chi connectivity index (χ4v) is 3.03. The summed E-state index contributed by atoms with van der Waals surface area (Å²) < 4.78 is 5.71. The van der Waals surface area contributed by atoms with Gasteiger partial charge in [-0.05, 0) is 62.1 Å². The molecule has 1 N–H and O–H groups in total. The molecule has 116 valence electrons. The van der Waals surface area contributed by atoms with E-state index >= 15 is 0 Å². The molecule has 1 unspecified atom stereocenters. The lowest BCUT2D eigenvalue weighted by molar-refractivity contribution is 0.113. The first-order valence-corrected chi connectivity index (χ1v) is 8.33. The third kappa shape index (κ3) is 6.11. The molecule has 0 amide bonds. The molecule has 0 aromatic heterocycles. The van der Waals surface area contributed by atoms with E-state index in [1.165, 1.54) is 38.5 Å². The molecule has 0 spiro atoms. The van der Waals surface area contributed by atoms with Gasteiger partial charge in [0.1, 0.15) is 5.75 Å².